The maximum atomic E-state index is 12.4. The molecule has 2 aliphatic rings. The zero-order chi connectivity index (χ0) is 16.4. The maximum Gasteiger partial charge on any atom is 0.223 e. The number of nitrogens with one attached hydrogen (secondary N) is 1. The Bertz CT molecular complexity index is 546. The third kappa shape index (κ3) is 3.44. The Hall–Kier alpha value is -1.36. The summed E-state index contributed by atoms with van der Waals surface area (Å²) in [4.78, 5) is 12.4. The van der Waals surface area contributed by atoms with Crippen molar-refractivity contribution in [2.75, 3.05) is 0 Å². The molecule has 23 heavy (non-hydrogen) atoms. The van der Waals surface area contributed by atoms with Gasteiger partial charge in [-0.2, -0.15) is 0 Å². The van der Waals surface area contributed by atoms with Crippen molar-refractivity contribution in [3.8, 4) is 0 Å². The molecule has 5 nitrogen and oxygen atoms in total. The second-order valence-corrected chi connectivity index (χ2v) is 7.80. The fourth-order valence-electron chi connectivity index (χ4n) is 4.04. The lowest BCUT2D eigenvalue weighted by atomic mass is 9.57. The number of nitrogens with zero attached hydrogens (tertiary/aromatic N) is 1. The molecule has 0 saturated heterocycles. The van der Waals surface area contributed by atoms with E-state index in [4.69, 9.17) is 9.63 Å². The van der Waals surface area contributed by atoms with Crippen LogP contribution in [-0.4, -0.2) is 22.2 Å². The van der Waals surface area contributed by atoms with Crippen molar-refractivity contribution in [2.24, 2.45) is 17.3 Å². The molecule has 1 heterocycles. The Kier molecular flexibility index (Phi) is 4.76. The van der Waals surface area contributed by atoms with Crippen LogP contribution < -0.4 is 5.32 Å². The van der Waals surface area contributed by atoms with Crippen LogP contribution in [0.3, 0.4) is 0 Å². The number of hydrogen-bond acceptors (Lipinski definition) is 4. The Morgan fingerprint density at radius 3 is 2.74 bits per heavy atom. The number of aliphatic hydroxyl groups is 1. The predicted octanol–water partition coefficient (Wildman–Crippen LogP) is 2.82. The summed E-state index contributed by atoms with van der Waals surface area (Å²) in [6.45, 7) is 4.33. The van der Waals surface area contributed by atoms with Crippen molar-refractivity contribution in [1.82, 2.24) is 10.5 Å². The van der Waals surface area contributed by atoms with E-state index in [-0.39, 0.29) is 29.9 Å². The van der Waals surface area contributed by atoms with Crippen LogP contribution in [0.15, 0.2) is 10.6 Å². The van der Waals surface area contributed by atoms with Gasteiger partial charge >= 0.3 is 0 Å². The first-order valence-corrected chi connectivity index (χ1v) is 8.86. The zero-order valence-corrected chi connectivity index (χ0v) is 14.2. The highest BCUT2D eigenvalue weighted by atomic mass is 16.5. The normalized spacial score (nSPS) is 27.4. The van der Waals surface area contributed by atoms with Gasteiger partial charge in [-0.3, -0.25) is 4.79 Å². The molecule has 2 N–H and O–H groups in total. The van der Waals surface area contributed by atoms with Gasteiger partial charge in [-0.05, 0) is 37.0 Å². The second-order valence-electron chi connectivity index (χ2n) is 7.80. The van der Waals surface area contributed by atoms with Crippen molar-refractivity contribution >= 4 is 5.91 Å². The van der Waals surface area contributed by atoms with Crippen LogP contribution in [0, 0.1) is 17.3 Å². The number of rotatable bonds is 5. The van der Waals surface area contributed by atoms with Crippen LogP contribution in [0.2, 0.25) is 0 Å². The van der Waals surface area contributed by atoms with Gasteiger partial charge in [-0.25, -0.2) is 0 Å². The fraction of sp³-hybridized carbons (Fsp3) is 0.778. The molecule has 1 aromatic rings. The van der Waals surface area contributed by atoms with Gasteiger partial charge in [0, 0.05) is 18.0 Å². The highest BCUT2D eigenvalue weighted by Gasteiger charge is 2.49. The van der Waals surface area contributed by atoms with Crippen LogP contribution in [0.5, 0.6) is 0 Å². The van der Waals surface area contributed by atoms with Crippen LogP contribution in [-0.2, 0) is 17.8 Å². The number of carbonyl (C=O) groups excluding carboxylic acids is 1. The van der Waals surface area contributed by atoms with Crippen molar-refractivity contribution < 1.29 is 14.4 Å². The average Bonchev–Trinajstić information content (AvgIpc) is 3.02. The Morgan fingerprint density at radius 2 is 2.13 bits per heavy atom. The van der Waals surface area contributed by atoms with E-state index < -0.39 is 0 Å². The molecular formula is C18H28N2O3. The number of carbonyl (C=O) groups is 1. The standard InChI is InChI=1S/C18H28N2O3/c1-18(2)13(8-14-10-15(11-21)23-20-14)9-16(18)19-17(22)12-6-4-3-5-7-12/h10,12-13,16,21H,3-9,11H2,1-2H3,(H,19,22)/t13-,16+/m1/s1. The summed E-state index contributed by atoms with van der Waals surface area (Å²) in [6.07, 6.45) is 7.58. The van der Waals surface area contributed by atoms with Crippen molar-refractivity contribution in [2.45, 2.75) is 71.4 Å². The molecule has 5 heteroatoms. The summed E-state index contributed by atoms with van der Waals surface area (Å²) in [5.41, 5.74) is 0.965. The molecule has 2 saturated carbocycles. The highest BCUT2D eigenvalue weighted by Crippen LogP contribution is 2.48. The molecule has 3 rings (SSSR count). The minimum atomic E-state index is -0.110. The number of aliphatic hydroxyl groups excluding tert-OH is 1. The van der Waals surface area contributed by atoms with E-state index in [0.29, 0.717) is 11.7 Å². The molecule has 0 unspecified atom stereocenters. The van der Waals surface area contributed by atoms with E-state index in [1.54, 1.807) is 0 Å². The van der Waals surface area contributed by atoms with Crippen molar-refractivity contribution in [1.29, 1.82) is 0 Å². The van der Waals surface area contributed by atoms with E-state index in [2.05, 4.69) is 24.3 Å². The van der Waals surface area contributed by atoms with E-state index >= 15 is 0 Å². The molecule has 128 valence electrons. The Labute approximate surface area is 137 Å². The van der Waals surface area contributed by atoms with Crippen LogP contribution in [0.1, 0.15) is 63.8 Å². The molecule has 2 aliphatic carbocycles. The first kappa shape index (κ1) is 16.5. The van der Waals surface area contributed by atoms with Crippen LogP contribution in [0.4, 0.5) is 0 Å². The minimum absolute atomic E-state index is 0.0721. The molecule has 0 bridgehead atoms. The Morgan fingerprint density at radius 1 is 1.39 bits per heavy atom. The lowest BCUT2D eigenvalue weighted by Gasteiger charge is -2.52. The molecule has 0 spiro atoms. The summed E-state index contributed by atoms with van der Waals surface area (Å²) in [6, 6.07) is 2.08. The van der Waals surface area contributed by atoms with E-state index in [9.17, 15) is 4.79 Å². The monoisotopic (exact) mass is 320 g/mol. The van der Waals surface area contributed by atoms with Crippen LogP contribution in [0.25, 0.3) is 0 Å². The zero-order valence-electron chi connectivity index (χ0n) is 14.2. The summed E-state index contributed by atoms with van der Waals surface area (Å²) in [5.74, 6) is 1.47. The molecule has 1 aromatic heterocycles. The molecule has 1 amide bonds. The number of aromatic nitrogens is 1. The fourth-order valence-corrected chi connectivity index (χ4v) is 4.04. The van der Waals surface area contributed by atoms with E-state index in [1.807, 2.05) is 6.07 Å². The first-order valence-electron chi connectivity index (χ1n) is 8.86. The van der Waals surface area contributed by atoms with Gasteiger partial charge in [0.1, 0.15) is 6.61 Å². The summed E-state index contributed by atoms with van der Waals surface area (Å²) < 4.78 is 5.05. The van der Waals surface area contributed by atoms with Gasteiger partial charge in [-0.1, -0.05) is 38.3 Å². The first-order chi connectivity index (χ1) is 11.0. The molecule has 0 aliphatic heterocycles. The Balaban J connectivity index is 1.52. The van der Waals surface area contributed by atoms with E-state index in [0.717, 1.165) is 31.4 Å². The number of hydrogen-bond donors (Lipinski definition) is 2. The van der Waals surface area contributed by atoms with Gasteiger partial charge in [0.15, 0.2) is 5.76 Å². The molecular weight excluding hydrogens is 292 g/mol. The quantitative estimate of drug-likeness (QED) is 0.875. The predicted molar refractivity (Wildman–Crippen MR) is 86.5 cm³/mol. The average molecular weight is 320 g/mol. The molecule has 2 atom stereocenters. The lowest BCUT2D eigenvalue weighted by molar-refractivity contribution is -0.130. The summed E-state index contributed by atoms with van der Waals surface area (Å²) >= 11 is 0. The highest BCUT2D eigenvalue weighted by molar-refractivity contribution is 5.79. The third-order valence-corrected chi connectivity index (χ3v) is 5.98. The van der Waals surface area contributed by atoms with Gasteiger partial charge in [-0.15, -0.1) is 0 Å². The molecule has 0 radical (unpaired) electrons. The number of amides is 1. The van der Waals surface area contributed by atoms with Gasteiger partial charge in [0.25, 0.3) is 0 Å². The smallest absolute Gasteiger partial charge is 0.223 e. The maximum absolute atomic E-state index is 12.4. The summed E-state index contributed by atoms with van der Waals surface area (Å²) in [7, 11) is 0. The third-order valence-electron chi connectivity index (χ3n) is 5.98. The SMILES string of the molecule is CC1(C)[C@H](Cc2cc(CO)on2)C[C@@H]1NC(=O)C1CCCCC1. The van der Waals surface area contributed by atoms with Gasteiger partial charge in [0.2, 0.25) is 5.91 Å². The van der Waals surface area contributed by atoms with Gasteiger partial charge < -0.3 is 14.9 Å². The van der Waals surface area contributed by atoms with E-state index in [1.165, 1.54) is 19.3 Å². The minimum Gasteiger partial charge on any atom is -0.388 e. The van der Waals surface area contributed by atoms with Gasteiger partial charge in [0.05, 0.1) is 5.69 Å². The van der Waals surface area contributed by atoms with Crippen LogP contribution >= 0.6 is 0 Å². The summed E-state index contributed by atoms with van der Waals surface area (Å²) in [5, 5.41) is 16.3. The second kappa shape index (κ2) is 6.63. The molecule has 2 fully saturated rings. The van der Waals surface area contributed by atoms with Crippen molar-refractivity contribution in [3.05, 3.63) is 17.5 Å². The van der Waals surface area contributed by atoms with Crippen molar-refractivity contribution in [3.63, 3.8) is 0 Å². The topological polar surface area (TPSA) is 75.4 Å². The molecule has 0 aromatic carbocycles. The lowest BCUT2D eigenvalue weighted by Crippen LogP contribution is -2.59. The largest absolute Gasteiger partial charge is 0.388 e.